The highest BCUT2D eigenvalue weighted by Crippen LogP contribution is 2.27. The zero-order chi connectivity index (χ0) is 17.1. The van der Waals surface area contributed by atoms with Crippen LogP contribution in [0, 0.1) is 0 Å². The zero-order valence-electron chi connectivity index (χ0n) is 14.0. The summed E-state index contributed by atoms with van der Waals surface area (Å²) in [5.74, 6) is 0.615. The van der Waals surface area contributed by atoms with Gasteiger partial charge in [0.25, 0.3) is 0 Å². The van der Waals surface area contributed by atoms with Gasteiger partial charge in [-0.15, -0.1) is 0 Å². The third kappa shape index (κ3) is 3.41. The maximum absolute atomic E-state index is 6.26. The number of nitrogens with two attached hydrogens (primary N) is 1. The molecular weight excluding hydrogens is 308 g/mol. The number of nitrogens with zero attached hydrogens (tertiary/aromatic N) is 1. The van der Waals surface area contributed by atoms with Crippen molar-refractivity contribution in [3.63, 3.8) is 0 Å². The molecule has 1 heterocycles. The molecule has 0 spiro atoms. The van der Waals surface area contributed by atoms with Crippen LogP contribution in [0.1, 0.15) is 17.5 Å². The number of para-hydroxylation sites is 2. The van der Waals surface area contributed by atoms with E-state index in [1.807, 2.05) is 42.5 Å². The van der Waals surface area contributed by atoms with Crippen molar-refractivity contribution in [2.75, 3.05) is 5.73 Å². The summed E-state index contributed by atoms with van der Waals surface area (Å²) in [6.45, 7) is 0. The van der Waals surface area contributed by atoms with E-state index >= 15 is 0 Å². The van der Waals surface area contributed by atoms with Crippen LogP contribution in [0.15, 0.2) is 77.2 Å². The summed E-state index contributed by atoms with van der Waals surface area (Å²) in [7, 11) is 0. The maximum Gasteiger partial charge on any atom is 0.227 e. The number of aryl methyl sites for hydroxylation is 2. The van der Waals surface area contributed by atoms with E-state index in [0.717, 1.165) is 41.6 Å². The quantitative estimate of drug-likeness (QED) is 0.509. The summed E-state index contributed by atoms with van der Waals surface area (Å²) in [5, 5.41) is 0. The monoisotopic (exact) mass is 328 g/mol. The first kappa shape index (κ1) is 15.5. The van der Waals surface area contributed by atoms with Gasteiger partial charge in [0.1, 0.15) is 5.52 Å². The van der Waals surface area contributed by atoms with E-state index < -0.39 is 0 Å². The number of benzene rings is 3. The molecule has 4 rings (SSSR count). The van der Waals surface area contributed by atoms with E-state index in [9.17, 15) is 0 Å². The van der Waals surface area contributed by atoms with E-state index in [2.05, 4.69) is 35.3 Å². The van der Waals surface area contributed by atoms with Crippen molar-refractivity contribution in [2.45, 2.75) is 19.3 Å². The van der Waals surface area contributed by atoms with Crippen LogP contribution in [0.3, 0.4) is 0 Å². The molecule has 0 bridgehead atoms. The molecule has 0 saturated carbocycles. The first-order valence-corrected chi connectivity index (χ1v) is 8.58. The Labute approximate surface area is 147 Å². The molecular formula is C22H20N2O. The molecule has 0 amide bonds. The van der Waals surface area contributed by atoms with Crippen molar-refractivity contribution >= 4 is 16.8 Å². The molecule has 0 radical (unpaired) electrons. The molecule has 0 fully saturated rings. The molecule has 124 valence electrons. The van der Waals surface area contributed by atoms with Crippen molar-refractivity contribution in [1.82, 2.24) is 4.98 Å². The van der Waals surface area contributed by atoms with Crippen molar-refractivity contribution in [3.05, 3.63) is 83.9 Å². The molecule has 0 saturated heterocycles. The molecule has 4 aromatic rings. The summed E-state index contributed by atoms with van der Waals surface area (Å²) < 4.78 is 5.82. The predicted octanol–water partition coefficient (Wildman–Crippen LogP) is 5.25. The van der Waals surface area contributed by atoms with E-state index in [1.165, 1.54) is 11.1 Å². The summed E-state index contributed by atoms with van der Waals surface area (Å²) >= 11 is 0. The number of nitrogen functional groups attached to an aromatic ring is 1. The molecule has 0 aliphatic heterocycles. The average molecular weight is 328 g/mol. The Kier molecular flexibility index (Phi) is 4.21. The van der Waals surface area contributed by atoms with Crippen LogP contribution in [0.4, 0.5) is 5.69 Å². The first-order valence-electron chi connectivity index (χ1n) is 8.58. The molecule has 2 N–H and O–H groups in total. The molecule has 25 heavy (non-hydrogen) atoms. The van der Waals surface area contributed by atoms with Gasteiger partial charge in [-0.2, -0.15) is 0 Å². The summed E-state index contributed by atoms with van der Waals surface area (Å²) in [6, 6.07) is 24.4. The Morgan fingerprint density at radius 3 is 2.44 bits per heavy atom. The Balaban J connectivity index is 1.48. The van der Waals surface area contributed by atoms with Crippen LogP contribution >= 0.6 is 0 Å². The van der Waals surface area contributed by atoms with Crippen LogP contribution in [-0.4, -0.2) is 4.98 Å². The number of fused-ring (bicyclic) bond motifs is 1. The Morgan fingerprint density at radius 1 is 0.840 bits per heavy atom. The van der Waals surface area contributed by atoms with Gasteiger partial charge in [-0.3, -0.25) is 0 Å². The normalized spacial score (nSPS) is 11.0. The molecule has 0 aliphatic rings. The number of oxazole rings is 1. The highest BCUT2D eigenvalue weighted by molar-refractivity contribution is 5.76. The van der Waals surface area contributed by atoms with E-state index in [0.29, 0.717) is 5.89 Å². The number of hydrogen-bond donors (Lipinski definition) is 1. The molecule has 3 nitrogen and oxygen atoms in total. The van der Waals surface area contributed by atoms with Gasteiger partial charge >= 0.3 is 0 Å². The lowest BCUT2D eigenvalue weighted by molar-refractivity contribution is 0.620. The summed E-state index contributed by atoms with van der Waals surface area (Å²) in [6.07, 6.45) is 3.11. The fourth-order valence-electron chi connectivity index (χ4n) is 3.08. The molecule has 1 aromatic heterocycles. The first-order chi connectivity index (χ1) is 12.3. The zero-order valence-corrected chi connectivity index (χ0v) is 14.0. The number of rotatable bonds is 5. The van der Waals surface area contributed by atoms with E-state index in [4.69, 9.17) is 10.2 Å². The third-order valence-corrected chi connectivity index (χ3v) is 4.44. The molecule has 0 unspecified atom stereocenters. The number of hydrogen-bond acceptors (Lipinski definition) is 3. The van der Waals surface area contributed by atoms with Crippen LogP contribution in [-0.2, 0) is 12.8 Å². The second-order valence-corrected chi connectivity index (χ2v) is 6.24. The minimum absolute atomic E-state index is 0.615. The maximum atomic E-state index is 6.26. The summed E-state index contributed by atoms with van der Waals surface area (Å²) in [4.78, 5) is 4.53. The van der Waals surface area contributed by atoms with Gasteiger partial charge < -0.3 is 10.2 Å². The molecule has 3 heteroatoms. The number of anilines is 1. The van der Waals surface area contributed by atoms with Gasteiger partial charge in [0.05, 0.1) is 0 Å². The lowest BCUT2D eigenvalue weighted by Gasteiger charge is -2.07. The van der Waals surface area contributed by atoms with Crippen molar-refractivity contribution < 1.29 is 4.42 Å². The van der Waals surface area contributed by atoms with Crippen LogP contribution in [0.5, 0.6) is 0 Å². The standard InChI is InChI=1S/C22H20N2O/c23-19-15-18(22-24-20-11-4-5-12-21(20)25-22)14-13-17(19)10-6-9-16-7-2-1-3-8-16/h1-5,7-8,11-15H,6,9-10,23H2. The lowest BCUT2D eigenvalue weighted by atomic mass is 10.0. The molecule has 0 aliphatic carbocycles. The molecule has 3 aromatic carbocycles. The third-order valence-electron chi connectivity index (χ3n) is 4.44. The van der Waals surface area contributed by atoms with Gasteiger partial charge in [-0.1, -0.05) is 48.5 Å². The second-order valence-electron chi connectivity index (χ2n) is 6.24. The Hall–Kier alpha value is -3.07. The highest BCUT2D eigenvalue weighted by atomic mass is 16.3. The smallest absolute Gasteiger partial charge is 0.227 e. The topological polar surface area (TPSA) is 52.0 Å². The van der Waals surface area contributed by atoms with Crippen molar-refractivity contribution in [1.29, 1.82) is 0 Å². The SMILES string of the molecule is Nc1cc(-c2nc3ccccc3o2)ccc1CCCc1ccccc1. The summed E-state index contributed by atoms with van der Waals surface area (Å²) in [5.41, 5.74) is 12.2. The van der Waals surface area contributed by atoms with Gasteiger partial charge in [0, 0.05) is 11.3 Å². The minimum atomic E-state index is 0.615. The minimum Gasteiger partial charge on any atom is -0.436 e. The predicted molar refractivity (Wildman–Crippen MR) is 102 cm³/mol. The highest BCUT2D eigenvalue weighted by Gasteiger charge is 2.09. The lowest BCUT2D eigenvalue weighted by Crippen LogP contribution is -1.97. The van der Waals surface area contributed by atoms with Gasteiger partial charge in [-0.05, 0) is 54.7 Å². The van der Waals surface area contributed by atoms with Gasteiger partial charge in [0.15, 0.2) is 5.58 Å². The van der Waals surface area contributed by atoms with Crippen LogP contribution in [0.2, 0.25) is 0 Å². The largest absolute Gasteiger partial charge is 0.436 e. The van der Waals surface area contributed by atoms with E-state index in [-0.39, 0.29) is 0 Å². The Bertz CT molecular complexity index is 956. The number of aromatic nitrogens is 1. The molecule has 0 atom stereocenters. The van der Waals surface area contributed by atoms with Crippen molar-refractivity contribution in [2.24, 2.45) is 0 Å². The van der Waals surface area contributed by atoms with Gasteiger partial charge in [-0.25, -0.2) is 4.98 Å². The Morgan fingerprint density at radius 2 is 1.64 bits per heavy atom. The van der Waals surface area contributed by atoms with E-state index in [1.54, 1.807) is 0 Å². The van der Waals surface area contributed by atoms with Crippen LogP contribution in [0.25, 0.3) is 22.6 Å². The van der Waals surface area contributed by atoms with Crippen molar-refractivity contribution in [3.8, 4) is 11.5 Å². The van der Waals surface area contributed by atoms with Crippen LogP contribution < -0.4 is 5.73 Å². The van der Waals surface area contributed by atoms with Gasteiger partial charge in [0.2, 0.25) is 5.89 Å². The average Bonchev–Trinajstić information content (AvgIpc) is 3.08. The second kappa shape index (κ2) is 6.81. The fraction of sp³-hybridized carbons (Fsp3) is 0.136. The fourth-order valence-corrected chi connectivity index (χ4v) is 3.08.